The summed E-state index contributed by atoms with van der Waals surface area (Å²) in [4.78, 5) is 13.5. The Balaban J connectivity index is 2.58. The summed E-state index contributed by atoms with van der Waals surface area (Å²) >= 11 is 0. The molecule has 1 N–H and O–H groups in total. The molecule has 3 atom stereocenters. The fraction of sp³-hybridized carbons (Fsp3) is 0.917. The number of ether oxygens (including phenoxy) is 1. The lowest BCUT2D eigenvalue weighted by Crippen LogP contribution is -2.50. The van der Waals surface area contributed by atoms with Gasteiger partial charge in [-0.25, -0.2) is 4.79 Å². The fourth-order valence-corrected chi connectivity index (χ4v) is 2.02. The van der Waals surface area contributed by atoms with Crippen LogP contribution < -0.4 is 0 Å². The highest BCUT2D eigenvalue weighted by Gasteiger charge is 2.34. The zero-order chi connectivity index (χ0) is 12.5. The van der Waals surface area contributed by atoms with Gasteiger partial charge in [0.25, 0.3) is 0 Å². The van der Waals surface area contributed by atoms with Gasteiger partial charge in [-0.3, -0.25) is 0 Å². The molecule has 1 aliphatic rings. The molecule has 0 saturated carbocycles. The molecule has 0 aromatic carbocycles. The average molecular weight is 229 g/mol. The largest absolute Gasteiger partial charge is 0.444 e. The van der Waals surface area contributed by atoms with Crippen molar-refractivity contribution in [3.05, 3.63) is 0 Å². The van der Waals surface area contributed by atoms with Crippen molar-refractivity contribution in [3.63, 3.8) is 0 Å². The summed E-state index contributed by atoms with van der Waals surface area (Å²) in [5, 5.41) is 9.80. The van der Waals surface area contributed by atoms with E-state index in [2.05, 4.69) is 0 Å². The smallest absolute Gasteiger partial charge is 0.410 e. The van der Waals surface area contributed by atoms with Crippen LogP contribution >= 0.6 is 0 Å². The highest BCUT2D eigenvalue weighted by atomic mass is 16.6. The van der Waals surface area contributed by atoms with Gasteiger partial charge in [0.1, 0.15) is 5.60 Å². The fourth-order valence-electron chi connectivity index (χ4n) is 2.02. The standard InChI is InChI=1S/C12H23NO3/c1-8-6-13(7-9(2)10(8)14)11(15)16-12(3,4)5/h8-10,14H,6-7H2,1-5H3/t8-,9+,10?. The van der Waals surface area contributed by atoms with Crippen molar-refractivity contribution in [3.8, 4) is 0 Å². The van der Waals surface area contributed by atoms with E-state index in [4.69, 9.17) is 4.74 Å². The zero-order valence-corrected chi connectivity index (χ0v) is 10.9. The van der Waals surface area contributed by atoms with Gasteiger partial charge >= 0.3 is 6.09 Å². The Hall–Kier alpha value is -0.770. The van der Waals surface area contributed by atoms with Gasteiger partial charge in [-0.1, -0.05) is 13.8 Å². The monoisotopic (exact) mass is 229 g/mol. The van der Waals surface area contributed by atoms with Crippen molar-refractivity contribution in [2.45, 2.75) is 46.3 Å². The van der Waals surface area contributed by atoms with E-state index in [0.29, 0.717) is 13.1 Å². The number of piperidine rings is 1. The van der Waals surface area contributed by atoms with Gasteiger partial charge < -0.3 is 14.7 Å². The lowest BCUT2D eigenvalue weighted by molar-refractivity contribution is -0.0272. The Morgan fingerprint density at radius 3 is 2.06 bits per heavy atom. The van der Waals surface area contributed by atoms with Gasteiger partial charge in [0.2, 0.25) is 0 Å². The molecule has 0 bridgehead atoms. The maximum atomic E-state index is 11.8. The first-order valence-corrected chi connectivity index (χ1v) is 5.86. The van der Waals surface area contributed by atoms with Crippen LogP contribution in [-0.2, 0) is 4.74 Å². The second-order valence-corrected chi connectivity index (χ2v) is 5.83. The second-order valence-electron chi connectivity index (χ2n) is 5.83. The molecule has 0 aromatic rings. The second kappa shape index (κ2) is 4.62. The number of aliphatic hydroxyl groups excluding tert-OH is 1. The van der Waals surface area contributed by atoms with Crippen LogP contribution in [0.25, 0.3) is 0 Å². The predicted octanol–water partition coefficient (Wildman–Crippen LogP) is 1.87. The third-order valence-corrected chi connectivity index (χ3v) is 2.83. The van der Waals surface area contributed by atoms with Crippen LogP contribution in [0, 0.1) is 11.8 Å². The van der Waals surface area contributed by atoms with Crippen LogP contribution in [0.3, 0.4) is 0 Å². The molecular weight excluding hydrogens is 206 g/mol. The Labute approximate surface area is 97.6 Å². The lowest BCUT2D eigenvalue weighted by atomic mass is 9.89. The lowest BCUT2D eigenvalue weighted by Gasteiger charge is -2.39. The summed E-state index contributed by atoms with van der Waals surface area (Å²) in [6.07, 6.45) is -0.600. The SMILES string of the molecule is C[C@@H]1CN(C(=O)OC(C)(C)C)C[C@H](C)C1O. The number of rotatable bonds is 0. The topological polar surface area (TPSA) is 49.8 Å². The van der Waals surface area contributed by atoms with Gasteiger partial charge in [-0.05, 0) is 20.8 Å². The molecule has 0 spiro atoms. The number of hydrogen-bond acceptors (Lipinski definition) is 3. The number of amides is 1. The van der Waals surface area contributed by atoms with Crippen molar-refractivity contribution in [2.24, 2.45) is 11.8 Å². The minimum atomic E-state index is -0.459. The molecule has 1 heterocycles. The quantitative estimate of drug-likeness (QED) is 0.690. The normalized spacial score (nSPS) is 31.4. The molecule has 1 amide bonds. The summed E-state index contributed by atoms with van der Waals surface area (Å²) in [6.45, 7) is 10.6. The number of nitrogens with zero attached hydrogens (tertiary/aromatic N) is 1. The number of carbonyl (C=O) groups is 1. The molecule has 4 heteroatoms. The predicted molar refractivity (Wildman–Crippen MR) is 62.1 cm³/mol. The van der Waals surface area contributed by atoms with E-state index in [0.717, 1.165) is 0 Å². The van der Waals surface area contributed by atoms with Crippen LogP contribution in [0.1, 0.15) is 34.6 Å². The van der Waals surface area contributed by atoms with E-state index in [1.807, 2.05) is 34.6 Å². The molecule has 1 rings (SSSR count). The van der Waals surface area contributed by atoms with Gasteiger partial charge in [-0.2, -0.15) is 0 Å². The summed E-state index contributed by atoms with van der Waals surface area (Å²) in [5.41, 5.74) is -0.459. The van der Waals surface area contributed by atoms with Crippen molar-refractivity contribution >= 4 is 6.09 Å². The van der Waals surface area contributed by atoms with Crippen LogP contribution in [0.2, 0.25) is 0 Å². The first kappa shape index (κ1) is 13.3. The van der Waals surface area contributed by atoms with Gasteiger partial charge in [-0.15, -0.1) is 0 Å². The molecule has 1 fully saturated rings. The van der Waals surface area contributed by atoms with E-state index in [9.17, 15) is 9.90 Å². The Morgan fingerprint density at radius 1 is 1.25 bits per heavy atom. The van der Waals surface area contributed by atoms with Crippen molar-refractivity contribution in [2.75, 3.05) is 13.1 Å². The molecule has 0 aromatic heterocycles. The highest BCUT2D eigenvalue weighted by molar-refractivity contribution is 5.68. The first-order chi connectivity index (χ1) is 7.20. The van der Waals surface area contributed by atoms with E-state index in [1.54, 1.807) is 4.90 Å². The van der Waals surface area contributed by atoms with Crippen molar-refractivity contribution in [1.29, 1.82) is 0 Å². The van der Waals surface area contributed by atoms with E-state index >= 15 is 0 Å². The summed E-state index contributed by atoms with van der Waals surface area (Å²) in [5.74, 6) is 0.215. The molecule has 0 radical (unpaired) electrons. The third-order valence-electron chi connectivity index (χ3n) is 2.83. The van der Waals surface area contributed by atoms with E-state index in [1.165, 1.54) is 0 Å². The molecular formula is C12H23NO3. The molecule has 94 valence electrons. The molecule has 16 heavy (non-hydrogen) atoms. The minimum Gasteiger partial charge on any atom is -0.444 e. The van der Waals surface area contributed by atoms with E-state index < -0.39 is 5.60 Å². The Morgan fingerprint density at radius 2 is 1.69 bits per heavy atom. The minimum absolute atomic E-state index is 0.108. The number of aliphatic hydroxyl groups is 1. The van der Waals surface area contributed by atoms with Crippen LogP contribution in [0.5, 0.6) is 0 Å². The van der Waals surface area contributed by atoms with Crippen molar-refractivity contribution < 1.29 is 14.6 Å². The summed E-state index contributed by atoms with van der Waals surface area (Å²) in [7, 11) is 0. The molecule has 1 saturated heterocycles. The van der Waals surface area contributed by atoms with Crippen LogP contribution in [-0.4, -0.2) is 40.9 Å². The maximum Gasteiger partial charge on any atom is 0.410 e. The zero-order valence-electron chi connectivity index (χ0n) is 10.9. The third kappa shape index (κ3) is 3.37. The number of hydrogen-bond donors (Lipinski definition) is 1. The van der Waals surface area contributed by atoms with Gasteiger partial charge in [0, 0.05) is 24.9 Å². The molecule has 1 unspecified atom stereocenters. The van der Waals surface area contributed by atoms with Gasteiger partial charge in [0.05, 0.1) is 6.10 Å². The Kier molecular flexibility index (Phi) is 3.84. The molecule has 4 nitrogen and oxygen atoms in total. The Bertz CT molecular complexity index is 247. The van der Waals surface area contributed by atoms with Gasteiger partial charge in [0.15, 0.2) is 0 Å². The van der Waals surface area contributed by atoms with Crippen LogP contribution in [0.4, 0.5) is 4.79 Å². The highest BCUT2D eigenvalue weighted by Crippen LogP contribution is 2.23. The van der Waals surface area contributed by atoms with Crippen LogP contribution in [0.15, 0.2) is 0 Å². The van der Waals surface area contributed by atoms with E-state index in [-0.39, 0.29) is 24.0 Å². The maximum absolute atomic E-state index is 11.8. The summed E-state index contributed by atoms with van der Waals surface area (Å²) < 4.78 is 5.31. The number of likely N-dealkylation sites (tertiary alicyclic amines) is 1. The summed E-state index contributed by atoms with van der Waals surface area (Å²) in [6, 6.07) is 0. The average Bonchev–Trinajstić information content (AvgIpc) is 2.10. The number of carbonyl (C=O) groups excluding carboxylic acids is 1. The molecule has 1 aliphatic heterocycles. The molecule has 0 aliphatic carbocycles. The first-order valence-electron chi connectivity index (χ1n) is 5.86. The van der Waals surface area contributed by atoms with Crippen molar-refractivity contribution in [1.82, 2.24) is 4.90 Å².